The van der Waals surface area contributed by atoms with E-state index in [0.717, 1.165) is 23.4 Å². The summed E-state index contributed by atoms with van der Waals surface area (Å²) in [6.07, 6.45) is 0.221. The molecule has 3 nitrogen and oxygen atoms in total. The lowest BCUT2D eigenvalue weighted by Crippen LogP contribution is -2.20. The molecule has 2 aromatic carbocycles. The number of halogens is 2. The van der Waals surface area contributed by atoms with Gasteiger partial charge in [-0.2, -0.15) is 0 Å². The summed E-state index contributed by atoms with van der Waals surface area (Å²) in [7, 11) is 1.66. The molecule has 21 heavy (non-hydrogen) atoms. The minimum atomic E-state index is -0.895. The van der Waals surface area contributed by atoms with Gasteiger partial charge < -0.3 is 4.90 Å². The summed E-state index contributed by atoms with van der Waals surface area (Å²) in [4.78, 5) is 25.4. The number of carbonyl (C=O) groups is 2. The average molecular weight is 287 g/mol. The summed E-state index contributed by atoms with van der Waals surface area (Å²) in [6, 6.07) is 7.63. The average Bonchev–Trinajstić information content (AvgIpc) is 2.73. The fourth-order valence-corrected chi connectivity index (χ4v) is 2.44. The largest absolute Gasteiger partial charge is 0.315 e. The van der Waals surface area contributed by atoms with Gasteiger partial charge in [0.05, 0.1) is 12.0 Å². The van der Waals surface area contributed by atoms with Gasteiger partial charge in [0.15, 0.2) is 5.78 Å². The van der Waals surface area contributed by atoms with Crippen LogP contribution in [0.5, 0.6) is 0 Å². The SMILES string of the molecule is CN1C(=O)Cc2cc(C(=O)c3ccc(F)cc3F)ccc21. The second-order valence-electron chi connectivity index (χ2n) is 4.93. The van der Waals surface area contributed by atoms with Gasteiger partial charge in [0.25, 0.3) is 0 Å². The molecule has 1 aliphatic heterocycles. The Morgan fingerprint density at radius 1 is 1.14 bits per heavy atom. The molecule has 0 aliphatic carbocycles. The molecule has 1 amide bonds. The number of carbonyl (C=O) groups excluding carboxylic acids is 2. The van der Waals surface area contributed by atoms with Crippen LogP contribution in [0.25, 0.3) is 0 Å². The number of likely N-dealkylation sites (N-methyl/N-ethyl adjacent to an activating group) is 1. The first-order valence-corrected chi connectivity index (χ1v) is 6.36. The van der Waals surface area contributed by atoms with E-state index in [-0.39, 0.29) is 23.5 Å². The van der Waals surface area contributed by atoms with Crippen molar-refractivity contribution in [2.75, 3.05) is 11.9 Å². The zero-order valence-electron chi connectivity index (χ0n) is 11.2. The Morgan fingerprint density at radius 3 is 2.62 bits per heavy atom. The second kappa shape index (κ2) is 4.77. The molecule has 2 aromatic rings. The van der Waals surface area contributed by atoms with Crippen LogP contribution in [-0.2, 0) is 11.2 Å². The van der Waals surface area contributed by atoms with Crippen LogP contribution >= 0.6 is 0 Å². The Balaban J connectivity index is 2.00. The van der Waals surface area contributed by atoms with Gasteiger partial charge in [-0.25, -0.2) is 8.78 Å². The van der Waals surface area contributed by atoms with E-state index in [2.05, 4.69) is 0 Å². The number of benzene rings is 2. The van der Waals surface area contributed by atoms with Crippen molar-refractivity contribution in [1.82, 2.24) is 0 Å². The summed E-state index contributed by atoms with van der Waals surface area (Å²) in [5.74, 6) is -2.21. The second-order valence-corrected chi connectivity index (χ2v) is 4.93. The molecule has 0 aromatic heterocycles. The van der Waals surface area contributed by atoms with Gasteiger partial charge >= 0.3 is 0 Å². The van der Waals surface area contributed by atoms with E-state index in [0.29, 0.717) is 6.07 Å². The quantitative estimate of drug-likeness (QED) is 0.796. The van der Waals surface area contributed by atoms with Gasteiger partial charge in [-0.05, 0) is 35.9 Å². The molecule has 5 heteroatoms. The maximum atomic E-state index is 13.7. The molecule has 0 atom stereocenters. The van der Waals surface area contributed by atoms with Crippen LogP contribution in [0.1, 0.15) is 21.5 Å². The summed E-state index contributed by atoms with van der Waals surface area (Å²) in [6.45, 7) is 0. The van der Waals surface area contributed by atoms with Crippen molar-refractivity contribution in [1.29, 1.82) is 0 Å². The van der Waals surface area contributed by atoms with Crippen molar-refractivity contribution in [2.24, 2.45) is 0 Å². The smallest absolute Gasteiger partial charge is 0.231 e. The van der Waals surface area contributed by atoms with Gasteiger partial charge in [0, 0.05) is 24.4 Å². The maximum Gasteiger partial charge on any atom is 0.231 e. The van der Waals surface area contributed by atoms with Crippen LogP contribution < -0.4 is 4.90 Å². The number of nitrogens with zero attached hydrogens (tertiary/aromatic N) is 1. The molecule has 0 N–H and O–H groups in total. The highest BCUT2D eigenvalue weighted by atomic mass is 19.1. The monoisotopic (exact) mass is 287 g/mol. The fourth-order valence-electron chi connectivity index (χ4n) is 2.44. The molecule has 0 spiro atoms. The molecule has 106 valence electrons. The molecule has 0 fully saturated rings. The number of amides is 1. The van der Waals surface area contributed by atoms with Crippen LogP contribution in [0.4, 0.5) is 14.5 Å². The lowest BCUT2D eigenvalue weighted by molar-refractivity contribution is -0.117. The molecule has 0 radical (unpaired) electrons. The zero-order valence-corrected chi connectivity index (χ0v) is 11.2. The molecule has 1 heterocycles. The number of rotatable bonds is 2. The van der Waals surface area contributed by atoms with Gasteiger partial charge in [-0.15, -0.1) is 0 Å². The molecule has 1 aliphatic rings. The van der Waals surface area contributed by atoms with Crippen LogP contribution in [0, 0.1) is 11.6 Å². The third kappa shape index (κ3) is 2.20. The summed E-state index contributed by atoms with van der Waals surface area (Å²) < 4.78 is 26.5. The number of ketones is 1. The van der Waals surface area contributed by atoms with Crippen molar-refractivity contribution in [3.63, 3.8) is 0 Å². The van der Waals surface area contributed by atoms with E-state index in [9.17, 15) is 18.4 Å². The molecular formula is C16H11F2NO2. The molecule has 0 saturated carbocycles. The maximum absolute atomic E-state index is 13.7. The van der Waals surface area contributed by atoms with Crippen molar-refractivity contribution in [3.05, 3.63) is 64.7 Å². The predicted molar refractivity (Wildman–Crippen MR) is 73.3 cm³/mol. The van der Waals surface area contributed by atoms with E-state index in [1.165, 1.54) is 4.90 Å². The topological polar surface area (TPSA) is 37.4 Å². The van der Waals surface area contributed by atoms with Gasteiger partial charge in [0.1, 0.15) is 11.6 Å². The number of hydrogen-bond acceptors (Lipinski definition) is 2. The number of anilines is 1. The van der Waals surface area contributed by atoms with E-state index >= 15 is 0 Å². The number of hydrogen-bond donors (Lipinski definition) is 0. The third-order valence-electron chi connectivity index (χ3n) is 3.59. The highest BCUT2D eigenvalue weighted by molar-refractivity contribution is 6.10. The molecule has 3 rings (SSSR count). The first-order valence-electron chi connectivity index (χ1n) is 6.36. The van der Waals surface area contributed by atoms with Crippen molar-refractivity contribution >= 4 is 17.4 Å². The Hall–Kier alpha value is -2.56. The predicted octanol–water partition coefficient (Wildman–Crippen LogP) is 2.71. The number of fused-ring (bicyclic) bond motifs is 1. The normalized spacial score (nSPS) is 13.5. The molecule has 0 bridgehead atoms. The summed E-state index contributed by atoms with van der Waals surface area (Å²) >= 11 is 0. The van der Waals surface area contributed by atoms with Crippen LogP contribution in [0.3, 0.4) is 0 Å². The standard InChI is InChI=1S/C16H11F2NO2/c1-19-14-5-2-9(6-10(14)7-15(19)20)16(21)12-4-3-11(17)8-13(12)18/h2-6,8H,7H2,1H3. The van der Waals surface area contributed by atoms with Gasteiger partial charge in [-0.1, -0.05) is 0 Å². The summed E-state index contributed by atoms with van der Waals surface area (Å²) in [5, 5.41) is 0. The minimum Gasteiger partial charge on any atom is -0.315 e. The van der Waals surface area contributed by atoms with Crippen molar-refractivity contribution in [3.8, 4) is 0 Å². The van der Waals surface area contributed by atoms with Crippen LogP contribution in [0.15, 0.2) is 36.4 Å². The highest BCUT2D eigenvalue weighted by Gasteiger charge is 2.25. The first-order chi connectivity index (χ1) is 9.97. The minimum absolute atomic E-state index is 0.0532. The van der Waals surface area contributed by atoms with Crippen molar-refractivity contribution in [2.45, 2.75) is 6.42 Å². The van der Waals surface area contributed by atoms with E-state index < -0.39 is 17.4 Å². The Labute approximate surface area is 119 Å². The Bertz CT molecular complexity index is 771. The molecular weight excluding hydrogens is 276 g/mol. The van der Waals surface area contributed by atoms with Crippen molar-refractivity contribution < 1.29 is 18.4 Å². The van der Waals surface area contributed by atoms with E-state index in [1.54, 1.807) is 25.2 Å². The third-order valence-corrected chi connectivity index (χ3v) is 3.59. The molecule has 0 saturated heterocycles. The molecule has 0 unspecified atom stereocenters. The van der Waals surface area contributed by atoms with Gasteiger partial charge in [0.2, 0.25) is 5.91 Å². The van der Waals surface area contributed by atoms with Crippen LogP contribution in [0.2, 0.25) is 0 Å². The Kier molecular flexibility index (Phi) is 3.05. The van der Waals surface area contributed by atoms with Crippen LogP contribution in [-0.4, -0.2) is 18.7 Å². The lowest BCUT2D eigenvalue weighted by Gasteiger charge is -2.10. The van der Waals surface area contributed by atoms with E-state index in [4.69, 9.17) is 0 Å². The zero-order chi connectivity index (χ0) is 15.1. The Morgan fingerprint density at radius 2 is 1.90 bits per heavy atom. The first kappa shape index (κ1) is 13.4. The van der Waals surface area contributed by atoms with Gasteiger partial charge in [-0.3, -0.25) is 9.59 Å². The summed E-state index contributed by atoms with van der Waals surface area (Å²) in [5.41, 5.74) is 1.57. The van der Waals surface area contributed by atoms with E-state index in [1.807, 2.05) is 0 Å². The fraction of sp³-hybridized carbons (Fsp3) is 0.125. The lowest BCUT2D eigenvalue weighted by atomic mass is 10.00. The highest BCUT2D eigenvalue weighted by Crippen LogP contribution is 2.29.